The summed E-state index contributed by atoms with van der Waals surface area (Å²) in [5.41, 5.74) is 1.47. The lowest BCUT2D eigenvalue weighted by molar-refractivity contribution is -0.138. The Bertz CT molecular complexity index is 1360. The third kappa shape index (κ3) is 4.16. The van der Waals surface area contributed by atoms with Crippen LogP contribution in [0.4, 0.5) is 13.2 Å². The summed E-state index contributed by atoms with van der Waals surface area (Å²) in [6.07, 6.45) is -0.459. The molecular formula is C24H23F3N6O2. The molecular weight excluding hydrogens is 461 g/mol. The fraction of sp³-hybridized carbons (Fsp3) is 0.333. The lowest BCUT2D eigenvalue weighted by atomic mass is 9.87. The zero-order valence-electron chi connectivity index (χ0n) is 19.3. The van der Waals surface area contributed by atoms with E-state index in [0.29, 0.717) is 35.9 Å². The summed E-state index contributed by atoms with van der Waals surface area (Å²) in [6, 6.07) is 9.16. The Labute approximate surface area is 199 Å². The number of hydrogen-bond donors (Lipinski definition) is 0. The first-order valence-corrected chi connectivity index (χ1v) is 11.0. The average molecular weight is 484 g/mol. The standard InChI is InChI=1S/C24H23F3N6O2/c1-14-12-32(13-28-14)19-10-9-18(29-23(19)35-3)21-30-22-16(8-11-20(34-2)33(22)31-21)15-6-4-5-7-17(15)24(25,26)27/h4-7,9-10,12-13,16,20H,8,11H2,1-3H3. The van der Waals surface area contributed by atoms with Crippen molar-refractivity contribution in [3.63, 3.8) is 0 Å². The first-order chi connectivity index (χ1) is 16.8. The van der Waals surface area contributed by atoms with Gasteiger partial charge in [-0.3, -0.25) is 0 Å². The number of imidazole rings is 1. The number of aryl methyl sites for hydroxylation is 1. The molecule has 4 aromatic rings. The molecule has 0 N–H and O–H groups in total. The Morgan fingerprint density at radius 2 is 1.83 bits per heavy atom. The summed E-state index contributed by atoms with van der Waals surface area (Å²) < 4.78 is 55.7. The zero-order chi connectivity index (χ0) is 24.7. The minimum atomic E-state index is -4.47. The van der Waals surface area contributed by atoms with Crippen LogP contribution < -0.4 is 4.74 Å². The topological polar surface area (TPSA) is 79.9 Å². The number of alkyl halides is 3. The second-order valence-electron chi connectivity index (χ2n) is 8.29. The predicted octanol–water partition coefficient (Wildman–Crippen LogP) is 4.93. The monoisotopic (exact) mass is 484 g/mol. The van der Waals surface area contributed by atoms with Gasteiger partial charge in [-0.05, 0) is 43.5 Å². The smallest absolute Gasteiger partial charge is 0.416 e. The van der Waals surface area contributed by atoms with Crippen molar-refractivity contribution in [2.45, 2.75) is 38.1 Å². The third-order valence-corrected chi connectivity index (χ3v) is 6.11. The Morgan fingerprint density at radius 3 is 2.51 bits per heavy atom. The molecule has 2 unspecified atom stereocenters. The Morgan fingerprint density at radius 1 is 1.03 bits per heavy atom. The van der Waals surface area contributed by atoms with Gasteiger partial charge in [0.2, 0.25) is 5.88 Å². The number of rotatable bonds is 5. The van der Waals surface area contributed by atoms with Crippen LogP contribution in [0.15, 0.2) is 48.9 Å². The van der Waals surface area contributed by atoms with Crippen molar-refractivity contribution >= 4 is 0 Å². The molecule has 11 heteroatoms. The molecule has 0 bridgehead atoms. The van der Waals surface area contributed by atoms with Crippen molar-refractivity contribution < 1.29 is 22.6 Å². The first-order valence-electron chi connectivity index (χ1n) is 11.0. The molecule has 1 aliphatic heterocycles. The molecule has 0 aliphatic carbocycles. The number of nitrogens with zero attached hydrogens (tertiary/aromatic N) is 6. The highest BCUT2D eigenvalue weighted by molar-refractivity contribution is 5.56. The average Bonchev–Trinajstić information content (AvgIpc) is 3.49. The quantitative estimate of drug-likeness (QED) is 0.400. The summed E-state index contributed by atoms with van der Waals surface area (Å²) in [5.74, 6) is 0.445. The van der Waals surface area contributed by atoms with Crippen LogP contribution in [0.2, 0.25) is 0 Å². The van der Waals surface area contributed by atoms with Gasteiger partial charge in [0.15, 0.2) is 12.1 Å². The van der Waals surface area contributed by atoms with Gasteiger partial charge in [0.1, 0.15) is 17.2 Å². The maximum Gasteiger partial charge on any atom is 0.416 e. The molecule has 0 saturated heterocycles. The highest BCUT2D eigenvalue weighted by Crippen LogP contribution is 2.43. The van der Waals surface area contributed by atoms with Gasteiger partial charge in [0, 0.05) is 19.2 Å². The minimum Gasteiger partial charge on any atom is -0.479 e. The maximum absolute atomic E-state index is 13.8. The number of methoxy groups -OCH3 is 2. The van der Waals surface area contributed by atoms with Crippen molar-refractivity contribution in [1.82, 2.24) is 29.3 Å². The number of fused-ring (bicyclic) bond motifs is 1. The first kappa shape index (κ1) is 23.0. The number of ether oxygens (including phenoxy) is 2. The summed E-state index contributed by atoms with van der Waals surface area (Å²) in [5, 5.41) is 4.58. The fourth-order valence-electron chi connectivity index (χ4n) is 4.48. The van der Waals surface area contributed by atoms with Gasteiger partial charge in [-0.2, -0.15) is 13.2 Å². The van der Waals surface area contributed by atoms with Gasteiger partial charge >= 0.3 is 6.18 Å². The summed E-state index contributed by atoms with van der Waals surface area (Å²) in [4.78, 5) is 13.4. The molecule has 4 heterocycles. The summed E-state index contributed by atoms with van der Waals surface area (Å²) in [6.45, 7) is 1.88. The van der Waals surface area contributed by atoms with E-state index in [1.807, 2.05) is 19.2 Å². The molecule has 3 aromatic heterocycles. The van der Waals surface area contributed by atoms with E-state index in [0.717, 1.165) is 11.8 Å². The molecule has 1 aromatic carbocycles. The van der Waals surface area contributed by atoms with E-state index in [9.17, 15) is 13.2 Å². The van der Waals surface area contributed by atoms with Crippen LogP contribution >= 0.6 is 0 Å². The maximum atomic E-state index is 13.8. The Hall–Kier alpha value is -3.73. The van der Waals surface area contributed by atoms with Gasteiger partial charge in [-0.25, -0.2) is 19.6 Å². The molecule has 35 heavy (non-hydrogen) atoms. The van der Waals surface area contributed by atoms with Crippen molar-refractivity contribution in [3.8, 4) is 23.1 Å². The Kier molecular flexibility index (Phi) is 5.79. The SMILES string of the molecule is COc1nc(-c2nc3n(n2)C(OC)CCC3c2ccccc2C(F)(F)F)ccc1-n1cnc(C)c1. The van der Waals surface area contributed by atoms with Crippen LogP contribution in [0.1, 0.15) is 47.6 Å². The number of halogens is 3. The molecule has 5 rings (SSSR count). The largest absolute Gasteiger partial charge is 0.479 e. The van der Waals surface area contributed by atoms with E-state index in [1.165, 1.54) is 19.2 Å². The third-order valence-electron chi connectivity index (χ3n) is 6.11. The van der Waals surface area contributed by atoms with E-state index < -0.39 is 23.9 Å². The summed E-state index contributed by atoms with van der Waals surface area (Å²) >= 11 is 0. The molecule has 0 spiro atoms. The van der Waals surface area contributed by atoms with E-state index >= 15 is 0 Å². The molecule has 0 radical (unpaired) electrons. The molecule has 1 aliphatic rings. The van der Waals surface area contributed by atoms with Crippen LogP contribution in [0.25, 0.3) is 17.2 Å². The second kappa shape index (κ2) is 8.81. The fourth-order valence-corrected chi connectivity index (χ4v) is 4.48. The number of pyridine rings is 1. The van der Waals surface area contributed by atoms with Crippen molar-refractivity contribution in [2.75, 3.05) is 14.2 Å². The van der Waals surface area contributed by atoms with Gasteiger partial charge in [-0.15, -0.1) is 5.10 Å². The van der Waals surface area contributed by atoms with Gasteiger partial charge in [0.05, 0.1) is 24.7 Å². The van der Waals surface area contributed by atoms with E-state index in [2.05, 4.69) is 20.1 Å². The highest BCUT2D eigenvalue weighted by Gasteiger charge is 2.39. The van der Waals surface area contributed by atoms with E-state index in [-0.39, 0.29) is 11.4 Å². The molecule has 8 nitrogen and oxygen atoms in total. The van der Waals surface area contributed by atoms with Crippen molar-refractivity contribution in [2.24, 2.45) is 0 Å². The molecule has 0 fully saturated rings. The lowest BCUT2D eigenvalue weighted by Crippen LogP contribution is -2.25. The molecule has 182 valence electrons. The molecule has 0 amide bonds. The van der Waals surface area contributed by atoms with Crippen molar-refractivity contribution in [1.29, 1.82) is 0 Å². The number of aromatic nitrogens is 6. The van der Waals surface area contributed by atoms with Crippen LogP contribution in [-0.2, 0) is 10.9 Å². The van der Waals surface area contributed by atoms with Crippen LogP contribution in [0.3, 0.4) is 0 Å². The van der Waals surface area contributed by atoms with Crippen LogP contribution in [0.5, 0.6) is 5.88 Å². The summed E-state index contributed by atoms with van der Waals surface area (Å²) in [7, 11) is 3.05. The molecule has 0 saturated carbocycles. The minimum absolute atomic E-state index is 0.172. The normalized spacial score (nSPS) is 17.9. The van der Waals surface area contributed by atoms with Crippen molar-refractivity contribution in [3.05, 3.63) is 71.6 Å². The lowest BCUT2D eigenvalue weighted by Gasteiger charge is -2.29. The van der Waals surface area contributed by atoms with Gasteiger partial charge in [-0.1, -0.05) is 18.2 Å². The van der Waals surface area contributed by atoms with E-state index in [4.69, 9.17) is 9.47 Å². The number of benzene rings is 1. The van der Waals surface area contributed by atoms with Crippen LogP contribution in [-0.4, -0.2) is 43.5 Å². The van der Waals surface area contributed by atoms with Gasteiger partial charge in [0.25, 0.3) is 0 Å². The predicted molar refractivity (Wildman–Crippen MR) is 120 cm³/mol. The molecule has 2 atom stereocenters. The number of hydrogen-bond acceptors (Lipinski definition) is 6. The van der Waals surface area contributed by atoms with Gasteiger partial charge < -0.3 is 14.0 Å². The highest BCUT2D eigenvalue weighted by atomic mass is 19.4. The Balaban J connectivity index is 1.59. The van der Waals surface area contributed by atoms with Crippen LogP contribution in [0, 0.1) is 6.92 Å². The second-order valence-corrected chi connectivity index (χ2v) is 8.29. The zero-order valence-corrected chi connectivity index (χ0v) is 19.3. The van der Waals surface area contributed by atoms with E-state index in [1.54, 1.807) is 34.8 Å².